The summed E-state index contributed by atoms with van der Waals surface area (Å²) in [7, 11) is 0. The van der Waals surface area contributed by atoms with E-state index in [1.807, 2.05) is 39.8 Å². The molecule has 8 nitrogen and oxygen atoms in total. The summed E-state index contributed by atoms with van der Waals surface area (Å²) >= 11 is 0. The molecule has 226 valence electrons. The monoisotopic (exact) mass is 611 g/mol. The molecule has 2 aromatic heterocycles. The number of aliphatic imine (C=N–C) groups is 1. The van der Waals surface area contributed by atoms with Crippen LogP contribution in [0.3, 0.4) is 0 Å². The van der Waals surface area contributed by atoms with Crippen LogP contribution in [0.4, 0.5) is 5.82 Å². The van der Waals surface area contributed by atoms with Crippen molar-refractivity contribution in [2.45, 2.75) is 87.3 Å². The topological polar surface area (TPSA) is 95.4 Å². The first-order chi connectivity index (χ1) is 20.2. The smallest absolute Gasteiger partial charge is 0.405 e. The molecule has 1 saturated heterocycles. The summed E-state index contributed by atoms with van der Waals surface area (Å²) < 4.78 is 12.8. The molecular weight excluding hydrogens is 566 g/mol. The molecule has 1 aliphatic heterocycles. The number of allylic oxidation sites excluding steroid dienone is 5. The molecule has 3 aromatic rings. The molecule has 0 radical (unpaired) electrons. The summed E-state index contributed by atoms with van der Waals surface area (Å²) in [6.07, 6.45) is 12.1. The number of hydrogen-bond acceptors (Lipinski definition) is 7. The van der Waals surface area contributed by atoms with Gasteiger partial charge in [0.2, 0.25) is 5.89 Å². The van der Waals surface area contributed by atoms with Gasteiger partial charge in [0.25, 0.3) is 5.56 Å². The SMILES string of the molecule is C=C/C=C\C=C(/C)CC.CC.CCc1ccc([C@H]2C[C-](c3noc(Cn4cnc(N=C(C)C)c(C)c4=O)n3)CO2)cc1.[K+]. The van der Waals surface area contributed by atoms with E-state index in [0.29, 0.717) is 36.1 Å². The molecule has 1 aliphatic rings. The molecule has 9 heteroatoms. The third kappa shape index (κ3) is 12.2. The van der Waals surface area contributed by atoms with Crippen LogP contribution in [0.2, 0.25) is 0 Å². The second-order valence-electron chi connectivity index (χ2n) is 9.89. The maximum absolute atomic E-state index is 12.6. The van der Waals surface area contributed by atoms with Crippen molar-refractivity contribution in [3.63, 3.8) is 0 Å². The van der Waals surface area contributed by atoms with Gasteiger partial charge in [0, 0.05) is 11.5 Å². The Hall–Kier alpha value is -2.40. The molecule has 0 N–H and O–H groups in total. The fraction of sp³-hybridized carbons (Fsp3) is 0.412. The van der Waals surface area contributed by atoms with Gasteiger partial charge in [0.05, 0.1) is 11.7 Å². The molecule has 3 heterocycles. The minimum atomic E-state index is -0.179. The van der Waals surface area contributed by atoms with Crippen molar-refractivity contribution in [1.29, 1.82) is 0 Å². The van der Waals surface area contributed by atoms with Crippen LogP contribution < -0.4 is 56.9 Å². The maximum atomic E-state index is 12.6. The third-order valence-corrected chi connectivity index (χ3v) is 6.49. The second kappa shape index (κ2) is 20.5. The number of hydrogen-bond donors (Lipinski definition) is 0. The van der Waals surface area contributed by atoms with Crippen LogP contribution in [0, 0.1) is 12.8 Å². The molecule has 0 bridgehead atoms. The van der Waals surface area contributed by atoms with Crippen LogP contribution >= 0.6 is 0 Å². The molecule has 1 aromatic carbocycles. The first-order valence-electron chi connectivity index (χ1n) is 14.7. The molecule has 0 unspecified atom stereocenters. The molecule has 4 rings (SSSR count). The third-order valence-electron chi connectivity index (χ3n) is 6.49. The Morgan fingerprint density at radius 3 is 2.47 bits per heavy atom. The Morgan fingerprint density at radius 1 is 1.16 bits per heavy atom. The van der Waals surface area contributed by atoms with Crippen LogP contribution in [0.1, 0.15) is 95.8 Å². The zero-order valence-electron chi connectivity index (χ0n) is 27.5. The molecule has 1 atom stereocenters. The van der Waals surface area contributed by atoms with Gasteiger partial charge < -0.3 is 9.26 Å². The van der Waals surface area contributed by atoms with Gasteiger partial charge in [0.1, 0.15) is 12.9 Å². The minimum absolute atomic E-state index is 0. The van der Waals surface area contributed by atoms with E-state index in [9.17, 15) is 4.79 Å². The summed E-state index contributed by atoms with van der Waals surface area (Å²) in [5.74, 6) is 2.31. The second-order valence-corrected chi connectivity index (χ2v) is 9.89. The molecule has 43 heavy (non-hydrogen) atoms. The van der Waals surface area contributed by atoms with Gasteiger partial charge in [-0.1, -0.05) is 100 Å². The van der Waals surface area contributed by atoms with Crippen LogP contribution in [0.5, 0.6) is 0 Å². The summed E-state index contributed by atoms with van der Waals surface area (Å²) in [6, 6.07) is 8.50. The molecular formula is C34H46KN5O3. The van der Waals surface area contributed by atoms with E-state index in [4.69, 9.17) is 9.26 Å². The average Bonchev–Trinajstić information content (AvgIpc) is 3.68. The van der Waals surface area contributed by atoms with Gasteiger partial charge in [-0.15, -0.1) is 6.42 Å². The zero-order chi connectivity index (χ0) is 31.1. The van der Waals surface area contributed by atoms with Crippen LogP contribution in [0.15, 0.2) is 81.4 Å². The van der Waals surface area contributed by atoms with E-state index >= 15 is 0 Å². The minimum Gasteiger partial charge on any atom is -0.405 e. The summed E-state index contributed by atoms with van der Waals surface area (Å²) in [4.78, 5) is 25.7. The van der Waals surface area contributed by atoms with E-state index in [2.05, 4.69) is 77.8 Å². The van der Waals surface area contributed by atoms with Crippen molar-refractivity contribution < 1.29 is 60.6 Å². The number of nitrogens with zero attached hydrogens (tertiary/aromatic N) is 5. The Balaban J connectivity index is 0.000000665. The maximum Gasteiger partial charge on any atom is 1.00 e. The fourth-order valence-corrected chi connectivity index (χ4v) is 3.93. The van der Waals surface area contributed by atoms with Crippen LogP contribution in [-0.4, -0.2) is 32.0 Å². The van der Waals surface area contributed by atoms with E-state index in [-0.39, 0.29) is 69.6 Å². The van der Waals surface area contributed by atoms with Gasteiger partial charge in [-0.2, -0.15) is 0 Å². The normalized spacial score (nSPS) is 14.3. The Kier molecular flexibility index (Phi) is 18.4. The summed E-state index contributed by atoms with van der Waals surface area (Å²) in [5.41, 5.74) is 4.99. The first kappa shape index (κ1) is 38.6. The van der Waals surface area contributed by atoms with Gasteiger partial charge in [-0.25, -0.2) is 15.0 Å². The predicted octanol–water partition coefficient (Wildman–Crippen LogP) is 4.86. The Morgan fingerprint density at radius 2 is 1.86 bits per heavy atom. The standard InChI is InChI=1S/C23H26N5O3.C9H14.C2H6.K/c1-5-16-6-8-17(9-7-16)19-10-18(12-30-19)22-26-20(31-27-22)11-28-13-24-21(25-14(2)3)15(4)23(28)29;1-4-6-7-8-9(3)5-2;1-2;/h6-9,13,19H,5,10-12H2,1-4H3;4,6-8H,1,5H2,2-3H3;1-2H3;/q-1;;;+1/b;7-6-,9-8+;;/t19-;;;/m1.../s1. The van der Waals surface area contributed by atoms with Crippen molar-refractivity contribution in [3.05, 3.63) is 112 Å². The van der Waals surface area contributed by atoms with E-state index < -0.39 is 0 Å². The predicted molar refractivity (Wildman–Crippen MR) is 171 cm³/mol. The van der Waals surface area contributed by atoms with Gasteiger partial charge in [-0.05, 0) is 51.7 Å². The van der Waals surface area contributed by atoms with Gasteiger partial charge in [-0.3, -0.25) is 15.3 Å². The fourth-order valence-electron chi connectivity index (χ4n) is 3.93. The van der Waals surface area contributed by atoms with Crippen LogP contribution in [0.25, 0.3) is 0 Å². The number of aryl methyl sites for hydroxylation is 1. The molecule has 1 fully saturated rings. The van der Waals surface area contributed by atoms with Crippen molar-refractivity contribution >= 4 is 11.5 Å². The summed E-state index contributed by atoms with van der Waals surface area (Å²) in [5, 5.41) is 4.10. The molecule has 0 saturated carbocycles. The average molecular weight is 612 g/mol. The number of aromatic nitrogens is 4. The number of benzene rings is 1. The van der Waals surface area contributed by atoms with Crippen molar-refractivity contribution in [3.8, 4) is 0 Å². The molecule has 0 aliphatic carbocycles. The largest absolute Gasteiger partial charge is 1.00 e. The molecule has 0 spiro atoms. The van der Waals surface area contributed by atoms with Crippen molar-refractivity contribution in [2.75, 3.05) is 6.61 Å². The number of rotatable bonds is 9. The van der Waals surface area contributed by atoms with E-state index in [1.54, 1.807) is 13.0 Å². The Bertz CT molecular complexity index is 1420. The van der Waals surface area contributed by atoms with Crippen LogP contribution in [-0.2, 0) is 17.7 Å². The first-order valence-corrected chi connectivity index (χ1v) is 14.7. The van der Waals surface area contributed by atoms with E-state index in [0.717, 1.165) is 30.0 Å². The van der Waals surface area contributed by atoms with Crippen molar-refractivity contribution in [2.24, 2.45) is 4.99 Å². The zero-order valence-corrected chi connectivity index (χ0v) is 30.6. The number of ether oxygens (including phenoxy) is 1. The molecule has 0 amide bonds. The van der Waals surface area contributed by atoms with Gasteiger partial charge in [0.15, 0.2) is 5.82 Å². The van der Waals surface area contributed by atoms with E-state index in [1.165, 1.54) is 22.0 Å². The Labute approximate surface area is 299 Å². The quantitative estimate of drug-likeness (QED) is 0.149. The van der Waals surface area contributed by atoms with Gasteiger partial charge >= 0.3 is 51.4 Å². The summed E-state index contributed by atoms with van der Waals surface area (Å²) in [6.45, 7) is 20.0. The van der Waals surface area contributed by atoms with Crippen molar-refractivity contribution in [1.82, 2.24) is 19.7 Å².